The molecular weight excluding hydrogens is 222 g/mol. The Hall–Kier alpha value is -1.91. The minimum atomic E-state index is -1.07. The Morgan fingerprint density at radius 2 is 1.88 bits per heavy atom. The van der Waals surface area contributed by atoms with Gasteiger partial charge in [-0.2, -0.15) is 0 Å². The Labute approximate surface area is 100 Å². The Morgan fingerprint density at radius 3 is 2.41 bits per heavy atom. The molecule has 0 radical (unpaired) electrons. The first-order chi connectivity index (χ1) is 8.07. The largest absolute Gasteiger partial charge is 0.481 e. The van der Waals surface area contributed by atoms with Gasteiger partial charge in [0.25, 0.3) is 0 Å². The Kier molecular flexibility index (Phi) is 8.28. The molecule has 0 fully saturated rings. The summed E-state index contributed by atoms with van der Waals surface area (Å²) >= 11 is 0. The van der Waals surface area contributed by atoms with E-state index in [9.17, 15) is 14.9 Å². The molecule has 0 saturated carbocycles. The molecular formula is C12H17NO4. The van der Waals surface area contributed by atoms with E-state index in [-0.39, 0.29) is 18.5 Å². The van der Waals surface area contributed by atoms with Crippen LogP contribution in [-0.2, 0) is 4.79 Å². The number of nitro groups is 1. The molecule has 0 unspecified atom stereocenters. The van der Waals surface area contributed by atoms with Gasteiger partial charge in [-0.3, -0.25) is 14.9 Å². The van der Waals surface area contributed by atoms with Crippen molar-refractivity contribution in [3.63, 3.8) is 0 Å². The van der Waals surface area contributed by atoms with Crippen LogP contribution >= 0.6 is 0 Å². The maximum atomic E-state index is 10.6. The third-order valence-corrected chi connectivity index (χ3v) is 1.92. The lowest BCUT2D eigenvalue weighted by molar-refractivity contribution is -0.427. The molecule has 0 heterocycles. The summed E-state index contributed by atoms with van der Waals surface area (Å²) < 4.78 is 0. The molecule has 94 valence electrons. The molecule has 0 aliphatic rings. The molecule has 17 heavy (non-hydrogen) atoms. The quantitative estimate of drug-likeness (QED) is 0.401. The average Bonchev–Trinajstić information content (AvgIpc) is 2.26. The van der Waals surface area contributed by atoms with Crippen molar-refractivity contribution in [1.29, 1.82) is 0 Å². The summed E-state index contributed by atoms with van der Waals surface area (Å²) in [7, 11) is 0. The second-order valence-electron chi connectivity index (χ2n) is 3.34. The number of carboxylic acids is 1. The van der Waals surface area contributed by atoms with Gasteiger partial charge in [0.2, 0.25) is 5.70 Å². The van der Waals surface area contributed by atoms with Gasteiger partial charge in [-0.05, 0) is 12.8 Å². The minimum Gasteiger partial charge on any atom is -0.481 e. The van der Waals surface area contributed by atoms with Gasteiger partial charge in [0.05, 0.1) is 17.8 Å². The van der Waals surface area contributed by atoms with Crippen LogP contribution in [0.5, 0.6) is 0 Å². The van der Waals surface area contributed by atoms with Crippen LogP contribution in [0.1, 0.15) is 32.6 Å². The molecule has 0 atom stereocenters. The zero-order chi connectivity index (χ0) is 13.1. The maximum absolute atomic E-state index is 10.6. The SMILES string of the molecule is CC/C=C\C/C=C\C/C(=C\CC(=O)O)[N+](=O)[O-]. The van der Waals surface area contributed by atoms with Crippen LogP contribution in [0.25, 0.3) is 0 Å². The van der Waals surface area contributed by atoms with Crippen molar-refractivity contribution in [3.05, 3.63) is 46.2 Å². The van der Waals surface area contributed by atoms with Crippen LogP contribution in [0, 0.1) is 10.1 Å². The lowest BCUT2D eigenvalue weighted by Gasteiger charge is -1.93. The molecule has 0 aromatic rings. The first kappa shape index (κ1) is 15.1. The molecule has 0 saturated heterocycles. The standard InChI is InChI=1S/C12H17NO4/c1-2-3-4-5-6-7-8-11(13(16)17)9-10-12(14)15/h3-4,6-7,9H,2,5,8,10H2,1H3,(H,14,15)/b4-3-,7-6-,11-9+. The van der Waals surface area contributed by atoms with Crippen molar-refractivity contribution in [3.8, 4) is 0 Å². The van der Waals surface area contributed by atoms with E-state index in [4.69, 9.17) is 5.11 Å². The number of nitrogens with zero attached hydrogens (tertiary/aromatic N) is 1. The fraction of sp³-hybridized carbons (Fsp3) is 0.417. The van der Waals surface area contributed by atoms with Gasteiger partial charge in [0, 0.05) is 6.08 Å². The van der Waals surface area contributed by atoms with Gasteiger partial charge in [-0.1, -0.05) is 31.2 Å². The third kappa shape index (κ3) is 9.04. The van der Waals surface area contributed by atoms with E-state index in [1.807, 2.05) is 25.2 Å². The van der Waals surface area contributed by atoms with Crippen LogP contribution in [0.2, 0.25) is 0 Å². The molecule has 5 heteroatoms. The molecule has 0 aromatic carbocycles. The Morgan fingerprint density at radius 1 is 1.24 bits per heavy atom. The number of hydrogen-bond donors (Lipinski definition) is 1. The second kappa shape index (κ2) is 9.33. The number of aliphatic carboxylic acids is 1. The van der Waals surface area contributed by atoms with Crippen molar-refractivity contribution < 1.29 is 14.8 Å². The third-order valence-electron chi connectivity index (χ3n) is 1.92. The number of allylic oxidation sites excluding steroid dienone is 4. The summed E-state index contributed by atoms with van der Waals surface area (Å²) in [6.07, 6.45) is 10.2. The summed E-state index contributed by atoms with van der Waals surface area (Å²) in [5.41, 5.74) is -0.0804. The number of hydrogen-bond acceptors (Lipinski definition) is 3. The first-order valence-corrected chi connectivity index (χ1v) is 5.43. The predicted octanol–water partition coefficient (Wildman–Crippen LogP) is 2.92. The van der Waals surface area contributed by atoms with Crippen LogP contribution < -0.4 is 0 Å². The molecule has 0 bridgehead atoms. The minimum absolute atomic E-state index is 0.0804. The summed E-state index contributed by atoms with van der Waals surface area (Å²) in [5.74, 6) is -1.07. The highest BCUT2D eigenvalue weighted by Gasteiger charge is 2.08. The van der Waals surface area contributed by atoms with Gasteiger partial charge in [0.1, 0.15) is 0 Å². The van der Waals surface area contributed by atoms with E-state index in [0.717, 1.165) is 18.9 Å². The smallest absolute Gasteiger partial charge is 0.307 e. The lowest BCUT2D eigenvalue weighted by atomic mass is 10.2. The fourth-order valence-corrected chi connectivity index (χ4v) is 1.08. The summed E-state index contributed by atoms with van der Waals surface area (Å²) in [5, 5.41) is 19.0. The zero-order valence-corrected chi connectivity index (χ0v) is 9.83. The maximum Gasteiger partial charge on any atom is 0.307 e. The van der Waals surface area contributed by atoms with Crippen molar-refractivity contribution in [2.75, 3.05) is 0 Å². The molecule has 0 rings (SSSR count). The highest BCUT2D eigenvalue weighted by molar-refractivity contribution is 5.68. The van der Waals surface area contributed by atoms with Gasteiger partial charge in [-0.25, -0.2) is 0 Å². The van der Waals surface area contributed by atoms with E-state index in [0.29, 0.717) is 0 Å². The molecule has 1 N–H and O–H groups in total. The van der Waals surface area contributed by atoms with Crippen LogP contribution in [-0.4, -0.2) is 16.0 Å². The highest BCUT2D eigenvalue weighted by atomic mass is 16.6. The molecule has 0 aliphatic carbocycles. The lowest BCUT2D eigenvalue weighted by Crippen LogP contribution is -2.00. The zero-order valence-electron chi connectivity index (χ0n) is 9.83. The van der Waals surface area contributed by atoms with Crippen molar-refractivity contribution >= 4 is 5.97 Å². The highest BCUT2D eigenvalue weighted by Crippen LogP contribution is 2.05. The van der Waals surface area contributed by atoms with Crippen molar-refractivity contribution in [2.45, 2.75) is 32.6 Å². The summed E-state index contributed by atoms with van der Waals surface area (Å²) in [6, 6.07) is 0. The predicted molar refractivity (Wildman–Crippen MR) is 65.1 cm³/mol. The van der Waals surface area contributed by atoms with Crippen LogP contribution in [0.3, 0.4) is 0 Å². The van der Waals surface area contributed by atoms with Gasteiger partial charge in [0.15, 0.2) is 0 Å². The normalized spacial score (nSPS) is 12.4. The molecule has 5 nitrogen and oxygen atoms in total. The average molecular weight is 239 g/mol. The van der Waals surface area contributed by atoms with E-state index in [1.54, 1.807) is 6.08 Å². The van der Waals surface area contributed by atoms with Crippen molar-refractivity contribution in [2.24, 2.45) is 0 Å². The number of carboxylic acid groups (broad SMARTS) is 1. The topological polar surface area (TPSA) is 80.4 Å². The second-order valence-corrected chi connectivity index (χ2v) is 3.34. The van der Waals surface area contributed by atoms with Crippen LogP contribution in [0.15, 0.2) is 36.1 Å². The van der Waals surface area contributed by atoms with Gasteiger partial charge >= 0.3 is 5.97 Å². The molecule has 0 spiro atoms. The monoisotopic (exact) mass is 239 g/mol. The first-order valence-electron chi connectivity index (χ1n) is 5.43. The van der Waals surface area contributed by atoms with Gasteiger partial charge in [-0.15, -0.1) is 0 Å². The number of rotatable bonds is 8. The van der Waals surface area contributed by atoms with E-state index >= 15 is 0 Å². The number of carbonyl (C=O) groups is 1. The summed E-state index contributed by atoms with van der Waals surface area (Å²) in [4.78, 5) is 20.3. The van der Waals surface area contributed by atoms with E-state index in [2.05, 4.69) is 0 Å². The van der Waals surface area contributed by atoms with E-state index < -0.39 is 10.9 Å². The molecule has 0 aliphatic heterocycles. The summed E-state index contributed by atoms with van der Waals surface area (Å²) in [6.45, 7) is 2.03. The molecule has 0 amide bonds. The van der Waals surface area contributed by atoms with Crippen molar-refractivity contribution in [1.82, 2.24) is 0 Å². The van der Waals surface area contributed by atoms with E-state index in [1.165, 1.54) is 0 Å². The Balaban J connectivity index is 4.18. The van der Waals surface area contributed by atoms with Gasteiger partial charge < -0.3 is 5.11 Å². The molecule has 0 aromatic heterocycles. The fourth-order valence-electron chi connectivity index (χ4n) is 1.08. The van der Waals surface area contributed by atoms with Crippen LogP contribution in [0.4, 0.5) is 0 Å². The Bertz CT molecular complexity index is 342.